The predicted octanol–water partition coefficient (Wildman–Crippen LogP) is 3.78. The molecule has 0 aliphatic heterocycles. The summed E-state index contributed by atoms with van der Waals surface area (Å²) >= 11 is 0. The number of aryl methyl sites for hydroxylation is 1. The summed E-state index contributed by atoms with van der Waals surface area (Å²) in [5, 5.41) is 18.9. The number of benzene rings is 1. The average molecular weight is 474 g/mol. The molecule has 0 spiro atoms. The molecule has 1 aromatic carbocycles. The minimum atomic E-state index is -0.316. The monoisotopic (exact) mass is 473 g/mol. The highest BCUT2D eigenvalue weighted by Gasteiger charge is 2.27. The largest absolute Gasteiger partial charge is 0.334 e. The first-order chi connectivity index (χ1) is 16.8. The van der Waals surface area contributed by atoms with Crippen LogP contribution in [0.2, 0.25) is 0 Å². The summed E-state index contributed by atoms with van der Waals surface area (Å²) in [6.07, 6.45) is 4.61. The van der Waals surface area contributed by atoms with Gasteiger partial charge in [-0.05, 0) is 44.0 Å². The van der Waals surface area contributed by atoms with Gasteiger partial charge < -0.3 is 4.90 Å². The quantitative estimate of drug-likeness (QED) is 0.414. The van der Waals surface area contributed by atoms with Gasteiger partial charge in [-0.3, -0.25) is 9.78 Å². The van der Waals surface area contributed by atoms with E-state index in [1.807, 2.05) is 68.0 Å². The summed E-state index contributed by atoms with van der Waals surface area (Å²) in [5.74, 6) is 1.38. The molecule has 10 nitrogen and oxygen atoms in total. The van der Waals surface area contributed by atoms with Gasteiger partial charge in [0.2, 0.25) is 11.6 Å². The smallest absolute Gasteiger partial charge is 0.293 e. The van der Waals surface area contributed by atoms with E-state index < -0.39 is 0 Å². The Labute approximate surface area is 204 Å². The minimum absolute atomic E-state index is 0.180. The highest BCUT2D eigenvalue weighted by atomic mass is 16.2. The van der Waals surface area contributed by atoms with E-state index in [0.29, 0.717) is 12.4 Å². The van der Waals surface area contributed by atoms with Crippen LogP contribution in [0.5, 0.6) is 0 Å². The molecule has 3 heterocycles. The maximum Gasteiger partial charge on any atom is 0.293 e. The normalized spacial score (nSPS) is 11.6. The number of pyridine rings is 1. The zero-order valence-corrected chi connectivity index (χ0v) is 20.9. The number of H-pyrrole nitrogens is 1. The summed E-state index contributed by atoms with van der Waals surface area (Å²) in [5.41, 5.74) is 3.23. The van der Waals surface area contributed by atoms with Gasteiger partial charge in [-0.1, -0.05) is 43.7 Å². The van der Waals surface area contributed by atoms with E-state index in [-0.39, 0.29) is 17.3 Å². The van der Waals surface area contributed by atoms with Crippen molar-refractivity contribution >= 4 is 5.91 Å². The van der Waals surface area contributed by atoms with Gasteiger partial charge in [0.15, 0.2) is 0 Å². The lowest BCUT2D eigenvalue weighted by Gasteiger charge is -2.30. The molecule has 3 aromatic heterocycles. The lowest BCUT2D eigenvalue weighted by Crippen LogP contribution is -2.43. The lowest BCUT2D eigenvalue weighted by atomic mass is 10.0. The fourth-order valence-electron chi connectivity index (χ4n) is 3.59. The van der Waals surface area contributed by atoms with Crippen molar-refractivity contribution in [3.05, 3.63) is 59.8 Å². The number of rotatable bonds is 8. The van der Waals surface area contributed by atoms with Crippen molar-refractivity contribution < 1.29 is 4.79 Å². The van der Waals surface area contributed by atoms with Crippen LogP contribution in [-0.2, 0) is 13.0 Å². The number of hydrogen-bond donors (Lipinski definition) is 1. The van der Waals surface area contributed by atoms with Crippen molar-refractivity contribution in [2.45, 2.75) is 59.0 Å². The molecule has 1 amide bonds. The number of tetrazole rings is 1. The first-order valence-corrected chi connectivity index (χ1v) is 11.8. The maximum atomic E-state index is 13.0. The molecule has 0 aliphatic carbocycles. The zero-order valence-electron chi connectivity index (χ0n) is 20.9. The van der Waals surface area contributed by atoms with Gasteiger partial charge in [-0.2, -0.15) is 5.21 Å². The molecule has 0 atom stereocenters. The van der Waals surface area contributed by atoms with Gasteiger partial charge in [0.05, 0.1) is 12.2 Å². The Morgan fingerprint density at radius 2 is 1.89 bits per heavy atom. The number of carbonyl (C=O) groups is 1. The van der Waals surface area contributed by atoms with E-state index in [4.69, 9.17) is 0 Å². The topological polar surface area (TPSA) is 118 Å². The number of aromatic amines is 1. The van der Waals surface area contributed by atoms with Crippen LogP contribution in [0.3, 0.4) is 0 Å². The van der Waals surface area contributed by atoms with E-state index in [2.05, 4.69) is 42.6 Å². The van der Waals surface area contributed by atoms with Crippen LogP contribution in [0.25, 0.3) is 22.6 Å². The van der Waals surface area contributed by atoms with Crippen molar-refractivity contribution in [1.29, 1.82) is 0 Å². The third kappa shape index (κ3) is 5.42. The number of carbonyl (C=O) groups excluding carboxylic acids is 1. The second-order valence-electron chi connectivity index (χ2n) is 9.48. The van der Waals surface area contributed by atoms with Crippen molar-refractivity contribution in [2.24, 2.45) is 0 Å². The lowest BCUT2D eigenvalue weighted by molar-refractivity contribution is 0.0642. The second kappa shape index (κ2) is 10.1. The molecule has 0 radical (unpaired) electrons. The van der Waals surface area contributed by atoms with Gasteiger partial charge >= 0.3 is 0 Å². The van der Waals surface area contributed by atoms with Gasteiger partial charge in [-0.25, -0.2) is 9.67 Å². The molecule has 0 fully saturated rings. The van der Waals surface area contributed by atoms with E-state index in [0.717, 1.165) is 47.5 Å². The summed E-state index contributed by atoms with van der Waals surface area (Å²) in [7, 11) is 1.78. The van der Waals surface area contributed by atoms with E-state index in [1.165, 1.54) is 0 Å². The summed E-state index contributed by atoms with van der Waals surface area (Å²) in [4.78, 5) is 23.9. The molecule has 0 bridgehead atoms. The SMILES string of the molecule is CCCCc1nc(C(=O)N(C)C(C)(C)C)nn1Cc1ccc(-c2ccccc2-c2nn[nH]n2)nc1. The summed E-state index contributed by atoms with van der Waals surface area (Å²) < 4.78 is 1.82. The van der Waals surface area contributed by atoms with E-state index in [9.17, 15) is 4.79 Å². The van der Waals surface area contributed by atoms with Gasteiger partial charge in [0.1, 0.15) is 5.82 Å². The van der Waals surface area contributed by atoms with Crippen molar-refractivity contribution in [3.63, 3.8) is 0 Å². The second-order valence-corrected chi connectivity index (χ2v) is 9.48. The molecule has 0 saturated carbocycles. The number of unbranched alkanes of at least 4 members (excludes halogenated alkanes) is 1. The minimum Gasteiger partial charge on any atom is -0.334 e. The molecular formula is C25H31N9O. The molecule has 10 heteroatoms. The van der Waals surface area contributed by atoms with Gasteiger partial charge in [0, 0.05) is 36.3 Å². The molecule has 4 aromatic rings. The van der Waals surface area contributed by atoms with E-state index >= 15 is 0 Å². The van der Waals surface area contributed by atoms with Crippen molar-refractivity contribution in [3.8, 4) is 22.6 Å². The Morgan fingerprint density at radius 1 is 1.11 bits per heavy atom. The highest BCUT2D eigenvalue weighted by molar-refractivity contribution is 5.90. The van der Waals surface area contributed by atoms with Crippen molar-refractivity contribution in [2.75, 3.05) is 7.05 Å². The summed E-state index contributed by atoms with van der Waals surface area (Å²) in [6.45, 7) is 8.59. The third-order valence-electron chi connectivity index (χ3n) is 5.95. The fraction of sp³-hybridized carbons (Fsp3) is 0.400. The van der Waals surface area contributed by atoms with Crippen molar-refractivity contribution in [1.82, 2.24) is 45.3 Å². The molecule has 1 N–H and O–H groups in total. The number of nitrogens with zero attached hydrogens (tertiary/aromatic N) is 8. The standard InChI is InChI=1S/C25H31N9O/c1-6-7-12-21-27-23(24(35)33(5)25(2,3)4)30-34(21)16-17-13-14-20(26-15-17)18-10-8-9-11-19(18)22-28-31-32-29-22/h8-11,13-15H,6-7,12,16H2,1-5H3,(H,28,29,31,32). The Bertz CT molecular complexity index is 1270. The number of amides is 1. The highest BCUT2D eigenvalue weighted by Crippen LogP contribution is 2.28. The fourth-order valence-corrected chi connectivity index (χ4v) is 3.59. The van der Waals surface area contributed by atoms with Gasteiger partial charge in [-0.15, -0.1) is 15.3 Å². The van der Waals surface area contributed by atoms with Crippen LogP contribution in [0.1, 0.15) is 62.5 Å². The Hall–Kier alpha value is -3.95. The third-order valence-corrected chi connectivity index (χ3v) is 5.95. The predicted molar refractivity (Wildman–Crippen MR) is 132 cm³/mol. The Morgan fingerprint density at radius 3 is 2.51 bits per heavy atom. The first-order valence-electron chi connectivity index (χ1n) is 11.8. The first kappa shape index (κ1) is 24.2. The Kier molecular flexibility index (Phi) is 6.99. The molecule has 0 aliphatic rings. The van der Waals surface area contributed by atoms with Crippen LogP contribution in [-0.4, -0.2) is 63.8 Å². The number of nitrogens with one attached hydrogen (secondary N) is 1. The van der Waals surface area contributed by atoms with Crippen LogP contribution >= 0.6 is 0 Å². The molecule has 4 rings (SSSR count). The summed E-state index contributed by atoms with van der Waals surface area (Å²) in [6, 6.07) is 11.8. The molecule has 182 valence electrons. The zero-order chi connectivity index (χ0) is 25.0. The van der Waals surface area contributed by atoms with E-state index in [1.54, 1.807) is 11.9 Å². The number of hydrogen-bond acceptors (Lipinski definition) is 7. The number of aromatic nitrogens is 8. The van der Waals surface area contributed by atoms with Crippen LogP contribution < -0.4 is 0 Å². The van der Waals surface area contributed by atoms with Crippen LogP contribution in [0, 0.1) is 0 Å². The van der Waals surface area contributed by atoms with Crippen LogP contribution in [0.15, 0.2) is 42.6 Å². The molecular weight excluding hydrogens is 442 g/mol. The molecule has 35 heavy (non-hydrogen) atoms. The maximum absolute atomic E-state index is 13.0. The Balaban J connectivity index is 1.59. The average Bonchev–Trinajstić information content (AvgIpc) is 3.52. The van der Waals surface area contributed by atoms with Crippen LogP contribution in [0.4, 0.5) is 0 Å². The molecule has 0 unspecified atom stereocenters. The molecule has 0 saturated heterocycles. The van der Waals surface area contributed by atoms with Gasteiger partial charge in [0.25, 0.3) is 5.91 Å².